The monoisotopic (exact) mass is 269 g/mol. The minimum atomic E-state index is -1.21. The molecule has 1 heterocycles. The molecule has 19 heavy (non-hydrogen) atoms. The van der Waals surface area contributed by atoms with Crippen LogP contribution in [0.1, 0.15) is 23.2 Å². The lowest BCUT2D eigenvalue weighted by molar-refractivity contribution is -0.142. The summed E-state index contributed by atoms with van der Waals surface area (Å²) in [6.45, 7) is 0. The summed E-state index contributed by atoms with van der Waals surface area (Å²) in [5, 5.41) is 15.1. The number of carbonyl (C=O) groups is 3. The number of aryl methyl sites for hydroxylation is 1. The quantitative estimate of drug-likeness (QED) is 0.677. The van der Waals surface area contributed by atoms with Gasteiger partial charge in [-0.15, -0.1) is 0 Å². The Balaban J connectivity index is 2.61. The molecule has 1 aromatic rings. The molecule has 8 nitrogen and oxygen atoms in total. The van der Waals surface area contributed by atoms with Gasteiger partial charge in [-0.25, -0.2) is 4.79 Å². The van der Waals surface area contributed by atoms with Gasteiger partial charge in [0.15, 0.2) is 0 Å². The van der Waals surface area contributed by atoms with E-state index >= 15 is 0 Å². The number of nitrogens with one attached hydrogen (secondary N) is 1. The third kappa shape index (κ3) is 4.41. The molecule has 0 aliphatic rings. The molecule has 0 fully saturated rings. The number of esters is 1. The number of ether oxygens (including phenoxy) is 1. The Kier molecular flexibility index (Phi) is 5.04. The summed E-state index contributed by atoms with van der Waals surface area (Å²) in [5.41, 5.74) is 0.256. The molecule has 2 N–H and O–H groups in total. The minimum Gasteiger partial charge on any atom is -0.480 e. The van der Waals surface area contributed by atoms with E-state index in [1.165, 1.54) is 24.2 Å². The van der Waals surface area contributed by atoms with Gasteiger partial charge in [-0.2, -0.15) is 5.10 Å². The lowest BCUT2D eigenvalue weighted by Crippen LogP contribution is -2.41. The van der Waals surface area contributed by atoms with Crippen molar-refractivity contribution in [2.75, 3.05) is 7.11 Å². The zero-order chi connectivity index (χ0) is 14.4. The van der Waals surface area contributed by atoms with Gasteiger partial charge in [0.05, 0.1) is 18.9 Å². The first-order valence-corrected chi connectivity index (χ1v) is 5.53. The molecule has 0 saturated carbocycles. The van der Waals surface area contributed by atoms with E-state index in [1.807, 2.05) is 0 Å². The highest BCUT2D eigenvalue weighted by atomic mass is 16.5. The first-order chi connectivity index (χ1) is 8.93. The van der Waals surface area contributed by atoms with Crippen molar-refractivity contribution < 1.29 is 24.2 Å². The summed E-state index contributed by atoms with van der Waals surface area (Å²) in [6, 6.07) is -1.15. The van der Waals surface area contributed by atoms with Crippen LogP contribution >= 0.6 is 0 Å². The number of hydrogen-bond donors (Lipinski definition) is 2. The van der Waals surface area contributed by atoms with E-state index in [4.69, 9.17) is 5.11 Å². The fourth-order valence-corrected chi connectivity index (χ4v) is 1.40. The SMILES string of the molecule is COC(=O)CCC(NC(=O)c1cnn(C)c1)C(=O)O. The minimum absolute atomic E-state index is 0.0337. The van der Waals surface area contributed by atoms with Gasteiger partial charge in [0.25, 0.3) is 5.91 Å². The number of aromatic nitrogens is 2. The van der Waals surface area contributed by atoms with Crippen molar-refractivity contribution >= 4 is 17.8 Å². The Bertz CT molecular complexity index is 482. The molecule has 1 atom stereocenters. The van der Waals surface area contributed by atoms with Crippen LogP contribution in [0.5, 0.6) is 0 Å². The zero-order valence-electron chi connectivity index (χ0n) is 10.6. The molecule has 104 valence electrons. The maximum atomic E-state index is 11.7. The highest BCUT2D eigenvalue weighted by Gasteiger charge is 2.22. The van der Waals surface area contributed by atoms with Gasteiger partial charge in [-0.1, -0.05) is 0 Å². The Morgan fingerprint density at radius 1 is 1.53 bits per heavy atom. The van der Waals surface area contributed by atoms with E-state index in [9.17, 15) is 14.4 Å². The molecule has 8 heteroatoms. The Labute approximate surface area is 109 Å². The zero-order valence-corrected chi connectivity index (χ0v) is 10.6. The molecule has 0 spiro atoms. The number of carbonyl (C=O) groups excluding carboxylic acids is 2. The largest absolute Gasteiger partial charge is 0.480 e. The van der Waals surface area contributed by atoms with Gasteiger partial charge in [0, 0.05) is 19.7 Å². The van der Waals surface area contributed by atoms with Crippen molar-refractivity contribution in [3.8, 4) is 0 Å². The van der Waals surface area contributed by atoms with Crippen LogP contribution in [0.25, 0.3) is 0 Å². The summed E-state index contributed by atoms with van der Waals surface area (Å²) in [7, 11) is 2.86. The van der Waals surface area contributed by atoms with Gasteiger partial charge in [0.2, 0.25) is 0 Å². The van der Waals surface area contributed by atoms with Gasteiger partial charge in [-0.05, 0) is 6.42 Å². The number of rotatable bonds is 6. The van der Waals surface area contributed by atoms with Crippen LogP contribution < -0.4 is 5.32 Å². The van der Waals surface area contributed by atoms with Crippen molar-refractivity contribution in [1.82, 2.24) is 15.1 Å². The highest BCUT2D eigenvalue weighted by molar-refractivity contribution is 5.96. The maximum absolute atomic E-state index is 11.7. The molecular formula is C11H15N3O5. The van der Waals surface area contributed by atoms with Crippen molar-refractivity contribution in [3.63, 3.8) is 0 Å². The van der Waals surface area contributed by atoms with Gasteiger partial charge in [0.1, 0.15) is 6.04 Å². The first kappa shape index (κ1) is 14.7. The van der Waals surface area contributed by atoms with Crippen molar-refractivity contribution in [2.24, 2.45) is 7.05 Å². The van der Waals surface area contributed by atoms with E-state index < -0.39 is 23.9 Å². The van der Waals surface area contributed by atoms with Crippen molar-refractivity contribution in [2.45, 2.75) is 18.9 Å². The molecular weight excluding hydrogens is 254 g/mol. The first-order valence-electron chi connectivity index (χ1n) is 5.53. The van der Waals surface area contributed by atoms with E-state index in [0.717, 1.165) is 0 Å². The Morgan fingerprint density at radius 3 is 2.68 bits per heavy atom. The molecule has 0 aliphatic carbocycles. The maximum Gasteiger partial charge on any atom is 0.326 e. The van der Waals surface area contributed by atoms with Gasteiger partial charge < -0.3 is 15.2 Å². The molecule has 1 aromatic heterocycles. The fraction of sp³-hybridized carbons (Fsp3) is 0.455. The molecule has 0 saturated heterocycles. The predicted molar refractivity (Wildman–Crippen MR) is 63.3 cm³/mol. The van der Waals surface area contributed by atoms with Crippen molar-refractivity contribution in [3.05, 3.63) is 18.0 Å². The number of carboxylic acid groups (broad SMARTS) is 1. The molecule has 1 rings (SSSR count). The summed E-state index contributed by atoms with van der Waals surface area (Å²) in [6.07, 6.45) is 2.68. The van der Waals surface area contributed by atoms with Crippen LogP contribution in [0.3, 0.4) is 0 Å². The van der Waals surface area contributed by atoms with E-state index in [0.29, 0.717) is 0 Å². The molecule has 0 aromatic carbocycles. The normalized spacial score (nSPS) is 11.7. The second-order valence-corrected chi connectivity index (χ2v) is 3.88. The lowest BCUT2D eigenvalue weighted by atomic mass is 10.1. The third-order valence-corrected chi connectivity index (χ3v) is 2.44. The van der Waals surface area contributed by atoms with Gasteiger partial charge in [-0.3, -0.25) is 14.3 Å². The smallest absolute Gasteiger partial charge is 0.326 e. The number of amides is 1. The van der Waals surface area contributed by atoms with Crippen LogP contribution in [0.15, 0.2) is 12.4 Å². The molecule has 1 unspecified atom stereocenters. The van der Waals surface area contributed by atoms with Crippen LogP contribution in [-0.2, 0) is 21.4 Å². The summed E-state index contributed by atoms with van der Waals surface area (Å²) in [5.74, 6) is -2.28. The van der Waals surface area contributed by atoms with Crippen LogP contribution in [-0.4, -0.2) is 45.9 Å². The van der Waals surface area contributed by atoms with E-state index in [1.54, 1.807) is 7.05 Å². The summed E-state index contributed by atoms with van der Waals surface area (Å²) >= 11 is 0. The second kappa shape index (κ2) is 6.53. The number of aliphatic carboxylic acids is 1. The highest BCUT2D eigenvalue weighted by Crippen LogP contribution is 2.03. The average Bonchev–Trinajstić information content (AvgIpc) is 2.80. The van der Waals surface area contributed by atoms with Crippen molar-refractivity contribution in [1.29, 1.82) is 0 Å². The topological polar surface area (TPSA) is 111 Å². The number of nitrogens with zero attached hydrogens (tertiary/aromatic N) is 2. The number of carboxylic acids is 1. The fourth-order valence-electron chi connectivity index (χ4n) is 1.40. The summed E-state index contributed by atoms with van der Waals surface area (Å²) < 4.78 is 5.85. The lowest BCUT2D eigenvalue weighted by Gasteiger charge is -2.13. The Hall–Kier alpha value is -2.38. The molecule has 0 radical (unpaired) electrons. The second-order valence-electron chi connectivity index (χ2n) is 3.88. The third-order valence-electron chi connectivity index (χ3n) is 2.44. The predicted octanol–water partition coefficient (Wildman–Crippen LogP) is -0.444. The van der Waals surface area contributed by atoms with E-state index in [2.05, 4.69) is 15.2 Å². The average molecular weight is 269 g/mol. The Morgan fingerprint density at radius 2 is 2.21 bits per heavy atom. The number of hydrogen-bond acceptors (Lipinski definition) is 5. The van der Waals surface area contributed by atoms with Crippen LogP contribution in [0.2, 0.25) is 0 Å². The number of methoxy groups -OCH3 is 1. The molecule has 1 amide bonds. The standard InChI is InChI=1S/C11H15N3O5/c1-14-6-7(5-12-14)10(16)13-8(11(17)18)3-4-9(15)19-2/h5-6,8H,3-4H2,1-2H3,(H,13,16)(H,17,18). The van der Waals surface area contributed by atoms with Crippen LogP contribution in [0, 0.1) is 0 Å². The molecule has 0 bridgehead atoms. The summed E-state index contributed by atoms with van der Waals surface area (Å²) in [4.78, 5) is 33.7. The van der Waals surface area contributed by atoms with Crippen LogP contribution in [0.4, 0.5) is 0 Å². The molecule has 0 aliphatic heterocycles. The van der Waals surface area contributed by atoms with E-state index in [-0.39, 0.29) is 18.4 Å². The van der Waals surface area contributed by atoms with Gasteiger partial charge >= 0.3 is 11.9 Å².